The highest BCUT2D eigenvalue weighted by Crippen LogP contribution is 2.39. The topological polar surface area (TPSA) is 78.9 Å². The van der Waals surface area contributed by atoms with Crippen LogP contribution in [0.3, 0.4) is 0 Å². The summed E-state index contributed by atoms with van der Waals surface area (Å²) in [5.74, 6) is 1.16. The lowest BCUT2D eigenvalue weighted by atomic mass is 10.0. The standard InChI is InChI=1S/C14H19N3O2S/c1-14(7-4-8-20-14)13(18)17(2)11-6-3-5-10(9-11)12(15)16-19/h3,5-6,9,19H,4,7-8H2,1-2H3,(H2,15,16). The zero-order valence-electron chi connectivity index (χ0n) is 11.7. The highest BCUT2D eigenvalue weighted by Gasteiger charge is 2.39. The van der Waals surface area contributed by atoms with Gasteiger partial charge in [-0.1, -0.05) is 17.3 Å². The van der Waals surface area contributed by atoms with E-state index in [0.29, 0.717) is 5.56 Å². The molecule has 1 saturated heterocycles. The molecule has 1 heterocycles. The molecule has 0 aliphatic carbocycles. The molecule has 1 aliphatic heterocycles. The molecule has 0 radical (unpaired) electrons. The van der Waals surface area contributed by atoms with E-state index in [-0.39, 0.29) is 16.5 Å². The van der Waals surface area contributed by atoms with Crippen molar-refractivity contribution in [3.05, 3.63) is 29.8 Å². The van der Waals surface area contributed by atoms with Gasteiger partial charge in [-0.3, -0.25) is 4.79 Å². The molecule has 2 rings (SSSR count). The van der Waals surface area contributed by atoms with Crippen LogP contribution in [-0.2, 0) is 4.79 Å². The molecule has 20 heavy (non-hydrogen) atoms. The lowest BCUT2D eigenvalue weighted by Gasteiger charge is -2.28. The first-order chi connectivity index (χ1) is 9.48. The number of nitrogens with zero attached hydrogens (tertiary/aromatic N) is 2. The Kier molecular flexibility index (Phi) is 4.23. The predicted molar refractivity (Wildman–Crippen MR) is 82.5 cm³/mol. The number of hydrogen-bond acceptors (Lipinski definition) is 4. The van der Waals surface area contributed by atoms with Crippen LogP contribution in [0.5, 0.6) is 0 Å². The minimum Gasteiger partial charge on any atom is -0.409 e. The molecule has 6 heteroatoms. The number of amidine groups is 1. The molecule has 1 unspecified atom stereocenters. The summed E-state index contributed by atoms with van der Waals surface area (Å²) in [6, 6.07) is 7.12. The molecule has 1 atom stereocenters. The average molecular weight is 293 g/mol. The Morgan fingerprint density at radius 3 is 2.90 bits per heavy atom. The van der Waals surface area contributed by atoms with Crippen LogP contribution in [0.4, 0.5) is 5.69 Å². The van der Waals surface area contributed by atoms with Gasteiger partial charge in [0.05, 0.1) is 4.75 Å². The molecule has 1 aliphatic rings. The lowest BCUT2D eigenvalue weighted by molar-refractivity contribution is -0.120. The van der Waals surface area contributed by atoms with Crippen molar-refractivity contribution in [1.29, 1.82) is 0 Å². The van der Waals surface area contributed by atoms with Crippen LogP contribution in [0.2, 0.25) is 0 Å². The van der Waals surface area contributed by atoms with Crippen LogP contribution in [-0.4, -0.2) is 34.5 Å². The van der Waals surface area contributed by atoms with Gasteiger partial charge in [0.15, 0.2) is 5.84 Å². The number of anilines is 1. The summed E-state index contributed by atoms with van der Waals surface area (Å²) < 4.78 is -0.346. The third kappa shape index (κ3) is 2.75. The van der Waals surface area contributed by atoms with Crippen molar-refractivity contribution in [2.45, 2.75) is 24.5 Å². The zero-order valence-corrected chi connectivity index (χ0v) is 12.5. The van der Waals surface area contributed by atoms with Gasteiger partial charge < -0.3 is 15.8 Å². The summed E-state index contributed by atoms with van der Waals surface area (Å²) in [7, 11) is 1.76. The predicted octanol–water partition coefficient (Wildman–Crippen LogP) is 2.03. The Balaban J connectivity index is 2.25. The second-order valence-electron chi connectivity index (χ2n) is 5.08. The number of benzene rings is 1. The summed E-state index contributed by atoms with van der Waals surface area (Å²) in [5, 5.41) is 11.7. The van der Waals surface area contributed by atoms with Gasteiger partial charge in [-0.2, -0.15) is 0 Å². The van der Waals surface area contributed by atoms with Crippen LogP contribution in [0.15, 0.2) is 29.4 Å². The summed E-state index contributed by atoms with van der Waals surface area (Å²) in [6.07, 6.45) is 1.98. The third-order valence-corrected chi connectivity index (χ3v) is 5.12. The summed E-state index contributed by atoms with van der Waals surface area (Å²) in [6.45, 7) is 2.00. The molecule has 1 fully saturated rings. The van der Waals surface area contributed by atoms with Crippen LogP contribution in [0.25, 0.3) is 0 Å². The van der Waals surface area contributed by atoms with E-state index in [2.05, 4.69) is 5.16 Å². The van der Waals surface area contributed by atoms with Crippen LogP contribution in [0.1, 0.15) is 25.3 Å². The molecule has 5 nitrogen and oxygen atoms in total. The summed E-state index contributed by atoms with van der Waals surface area (Å²) >= 11 is 1.71. The summed E-state index contributed by atoms with van der Waals surface area (Å²) in [5.41, 5.74) is 6.91. The van der Waals surface area contributed by atoms with Gasteiger partial charge in [0.1, 0.15) is 0 Å². The molecule has 3 N–H and O–H groups in total. The maximum atomic E-state index is 12.6. The second kappa shape index (κ2) is 5.75. The number of thioether (sulfide) groups is 1. The summed E-state index contributed by atoms with van der Waals surface area (Å²) in [4.78, 5) is 14.3. The SMILES string of the molecule is CN(C(=O)C1(C)CCCS1)c1cccc(/C(N)=N/O)c1. The second-order valence-corrected chi connectivity index (χ2v) is 6.68. The van der Waals surface area contributed by atoms with Crippen molar-refractivity contribution in [3.63, 3.8) is 0 Å². The first kappa shape index (κ1) is 14.7. The quantitative estimate of drug-likeness (QED) is 0.387. The third-order valence-electron chi connectivity index (χ3n) is 3.61. The maximum Gasteiger partial charge on any atom is 0.242 e. The largest absolute Gasteiger partial charge is 0.409 e. The Bertz CT molecular complexity index is 539. The smallest absolute Gasteiger partial charge is 0.242 e. The molecule has 0 spiro atoms. The molecule has 0 bridgehead atoms. The number of rotatable bonds is 3. The van der Waals surface area contributed by atoms with Crippen LogP contribution in [0, 0.1) is 0 Å². The number of oxime groups is 1. The van der Waals surface area contributed by atoms with Gasteiger partial charge in [-0.25, -0.2) is 0 Å². The van der Waals surface area contributed by atoms with E-state index in [0.717, 1.165) is 24.3 Å². The minimum absolute atomic E-state index is 0.0363. The van der Waals surface area contributed by atoms with Gasteiger partial charge in [0.25, 0.3) is 0 Å². The van der Waals surface area contributed by atoms with Crippen molar-refractivity contribution in [2.75, 3.05) is 17.7 Å². The minimum atomic E-state index is -0.346. The lowest BCUT2D eigenvalue weighted by Crippen LogP contribution is -2.41. The van der Waals surface area contributed by atoms with Crippen molar-refractivity contribution >= 4 is 29.2 Å². The average Bonchev–Trinajstić information content (AvgIpc) is 2.93. The molecule has 1 aromatic carbocycles. The highest BCUT2D eigenvalue weighted by molar-refractivity contribution is 8.01. The fourth-order valence-electron chi connectivity index (χ4n) is 2.35. The molecule has 0 saturated carbocycles. The number of nitrogens with two attached hydrogens (primary N) is 1. The number of carbonyl (C=O) groups excluding carboxylic acids is 1. The first-order valence-corrected chi connectivity index (χ1v) is 7.46. The van der Waals surface area contributed by atoms with Gasteiger partial charge in [-0.05, 0) is 37.7 Å². The van der Waals surface area contributed by atoms with Crippen LogP contribution >= 0.6 is 11.8 Å². The van der Waals surface area contributed by atoms with Gasteiger partial charge in [0, 0.05) is 18.3 Å². The Hall–Kier alpha value is -1.69. The Morgan fingerprint density at radius 1 is 1.55 bits per heavy atom. The van der Waals surface area contributed by atoms with E-state index in [1.165, 1.54) is 0 Å². The fraction of sp³-hybridized carbons (Fsp3) is 0.429. The number of amides is 1. The molecule has 0 aromatic heterocycles. The van der Waals surface area contributed by atoms with Crippen molar-refractivity contribution in [2.24, 2.45) is 10.9 Å². The van der Waals surface area contributed by atoms with E-state index in [1.807, 2.05) is 13.0 Å². The maximum absolute atomic E-state index is 12.6. The van der Waals surface area contributed by atoms with Gasteiger partial charge in [0.2, 0.25) is 5.91 Å². The van der Waals surface area contributed by atoms with Gasteiger partial charge in [-0.15, -0.1) is 11.8 Å². The molecular formula is C14H19N3O2S. The van der Waals surface area contributed by atoms with E-state index in [1.54, 1.807) is 41.9 Å². The zero-order chi connectivity index (χ0) is 14.8. The van der Waals surface area contributed by atoms with Crippen molar-refractivity contribution in [3.8, 4) is 0 Å². The van der Waals surface area contributed by atoms with E-state index in [9.17, 15) is 4.79 Å². The highest BCUT2D eigenvalue weighted by atomic mass is 32.2. The van der Waals surface area contributed by atoms with Crippen molar-refractivity contribution in [1.82, 2.24) is 0 Å². The fourth-order valence-corrected chi connectivity index (χ4v) is 3.64. The molecular weight excluding hydrogens is 274 g/mol. The first-order valence-electron chi connectivity index (χ1n) is 6.48. The Labute approximate surface area is 122 Å². The van der Waals surface area contributed by atoms with E-state index in [4.69, 9.17) is 10.9 Å². The van der Waals surface area contributed by atoms with Crippen molar-refractivity contribution < 1.29 is 10.0 Å². The number of hydrogen-bond donors (Lipinski definition) is 2. The normalized spacial score (nSPS) is 22.8. The molecule has 1 aromatic rings. The monoisotopic (exact) mass is 293 g/mol. The van der Waals surface area contributed by atoms with Gasteiger partial charge >= 0.3 is 0 Å². The van der Waals surface area contributed by atoms with E-state index >= 15 is 0 Å². The number of carbonyl (C=O) groups is 1. The Morgan fingerprint density at radius 2 is 2.30 bits per heavy atom. The molecule has 108 valence electrons. The van der Waals surface area contributed by atoms with E-state index < -0.39 is 0 Å². The van der Waals surface area contributed by atoms with Crippen LogP contribution < -0.4 is 10.6 Å². The molecule has 1 amide bonds.